The van der Waals surface area contributed by atoms with E-state index in [0.717, 1.165) is 9.87 Å². The number of nitrogens with zero attached hydrogens (tertiary/aromatic N) is 2. The van der Waals surface area contributed by atoms with E-state index in [1.165, 1.54) is 36.6 Å². The van der Waals surface area contributed by atoms with Gasteiger partial charge in [0.1, 0.15) is 0 Å². The Bertz CT molecular complexity index is 1320. The summed E-state index contributed by atoms with van der Waals surface area (Å²) in [7, 11) is -4.83. The van der Waals surface area contributed by atoms with Gasteiger partial charge in [-0.25, -0.2) is 16.8 Å². The second kappa shape index (κ2) is 8.36. The molecule has 0 aromatic heterocycles. The maximum absolute atomic E-state index is 13.5. The standard InChI is InChI=1S/C23H26N2O4S2/c1-17-11-9-10-14-21(17)24(4)31(28,29)23-16-22(18(2)15-19(23)3)25(5)30(26,27)20-12-7-6-8-13-20/h6-16H,1-5H3. The zero-order valence-electron chi connectivity index (χ0n) is 18.2. The second-order valence-electron chi connectivity index (χ2n) is 7.45. The minimum Gasteiger partial charge on any atom is -0.269 e. The summed E-state index contributed by atoms with van der Waals surface area (Å²) in [5.74, 6) is 0. The first-order chi connectivity index (χ1) is 14.5. The molecule has 0 radical (unpaired) electrons. The fourth-order valence-corrected chi connectivity index (χ4v) is 6.27. The summed E-state index contributed by atoms with van der Waals surface area (Å²) < 4.78 is 55.5. The van der Waals surface area contributed by atoms with E-state index >= 15 is 0 Å². The van der Waals surface area contributed by atoms with E-state index in [-0.39, 0.29) is 9.79 Å². The van der Waals surface area contributed by atoms with E-state index in [1.54, 1.807) is 50.2 Å². The lowest BCUT2D eigenvalue weighted by atomic mass is 10.1. The largest absolute Gasteiger partial charge is 0.269 e. The summed E-state index contributed by atoms with van der Waals surface area (Å²) in [5.41, 5.74) is 2.91. The highest BCUT2D eigenvalue weighted by atomic mass is 32.2. The molecule has 3 aromatic carbocycles. The molecule has 0 aliphatic rings. The Morgan fingerprint density at radius 1 is 0.581 bits per heavy atom. The average Bonchev–Trinajstić information content (AvgIpc) is 2.73. The van der Waals surface area contributed by atoms with Crippen LogP contribution in [0.4, 0.5) is 11.4 Å². The Balaban J connectivity index is 2.12. The van der Waals surface area contributed by atoms with Crippen LogP contribution >= 0.6 is 0 Å². The molecule has 0 aliphatic carbocycles. The number of hydrogen-bond acceptors (Lipinski definition) is 4. The number of para-hydroxylation sites is 1. The summed E-state index contributed by atoms with van der Waals surface area (Å²) in [6.07, 6.45) is 0. The molecule has 0 amide bonds. The molecule has 164 valence electrons. The van der Waals surface area contributed by atoms with Gasteiger partial charge in [-0.3, -0.25) is 8.61 Å². The van der Waals surface area contributed by atoms with Gasteiger partial charge in [0.15, 0.2) is 0 Å². The smallest absolute Gasteiger partial charge is 0.264 e. The monoisotopic (exact) mass is 458 g/mol. The molecule has 0 saturated carbocycles. The van der Waals surface area contributed by atoms with Gasteiger partial charge in [-0.15, -0.1) is 0 Å². The van der Waals surface area contributed by atoms with E-state index in [1.807, 2.05) is 19.1 Å². The summed E-state index contributed by atoms with van der Waals surface area (Å²) in [4.78, 5) is 0.202. The van der Waals surface area contributed by atoms with Gasteiger partial charge in [-0.05, 0) is 61.7 Å². The molecule has 0 saturated heterocycles. The second-order valence-corrected chi connectivity index (χ2v) is 11.4. The molecule has 0 bridgehead atoms. The van der Waals surface area contributed by atoms with Gasteiger partial charge < -0.3 is 0 Å². The molecule has 31 heavy (non-hydrogen) atoms. The summed E-state index contributed by atoms with van der Waals surface area (Å²) in [6, 6.07) is 18.4. The fourth-order valence-electron chi connectivity index (χ4n) is 3.51. The number of rotatable bonds is 6. The van der Waals surface area contributed by atoms with Crippen molar-refractivity contribution < 1.29 is 16.8 Å². The van der Waals surface area contributed by atoms with Crippen LogP contribution in [-0.4, -0.2) is 30.9 Å². The van der Waals surface area contributed by atoms with Crippen LogP contribution in [0.15, 0.2) is 76.5 Å². The lowest BCUT2D eigenvalue weighted by molar-refractivity contribution is 0.591. The van der Waals surface area contributed by atoms with Crippen molar-refractivity contribution in [3.63, 3.8) is 0 Å². The maximum atomic E-state index is 13.5. The molecule has 6 nitrogen and oxygen atoms in total. The SMILES string of the molecule is Cc1cc(C)c(S(=O)(=O)N(C)c2ccccc2C)cc1N(C)S(=O)(=O)c1ccccc1. The predicted octanol–water partition coefficient (Wildman–Crippen LogP) is 4.26. The first-order valence-corrected chi connectivity index (χ1v) is 12.6. The summed E-state index contributed by atoms with van der Waals surface area (Å²) in [5, 5.41) is 0. The zero-order chi connectivity index (χ0) is 23.0. The lowest BCUT2D eigenvalue weighted by Crippen LogP contribution is -2.30. The molecular weight excluding hydrogens is 432 g/mol. The molecule has 0 atom stereocenters. The Labute approximate surface area is 184 Å². The molecule has 0 fully saturated rings. The van der Waals surface area contributed by atoms with Crippen molar-refractivity contribution in [1.29, 1.82) is 0 Å². The van der Waals surface area contributed by atoms with Crippen molar-refractivity contribution in [2.45, 2.75) is 30.6 Å². The van der Waals surface area contributed by atoms with Crippen molar-refractivity contribution >= 4 is 31.4 Å². The Morgan fingerprint density at radius 3 is 1.74 bits per heavy atom. The number of sulfonamides is 2. The third-order valence-corrected chi connectivity index (χ3v) is 9.03. The van der Waals surface area contributed by atoms with Crippen molar-refractivity contribution in [3.05, 3.63) is 83.4 Å². The third-order valence-electron chi connectivity index (χ3n) is 5.33. The fraction of sp³-hybridized carbons (Fsp3) is 0.217. The average molecular weight is 459 g/mol. The Hall–Kier alpha value is -2.84. The molecular formula is C23H26N2O4S2. The van der Waals surface area contributed by atoms with Gasteiger partial charge in [-0.1, -0.05) is 42.5 Å². The van der Waals surface area contributed by atoms with Crippen LogP contribution in [0.1, 0.15) is 16.7 Å². The highest BCUT2D eigenvalue weighted by Crippen LogP contribution is 2.33. The van der Waals surface area contributed by atoms with Crippen molar-refractivity contribution in [3.8, 4) is 0 Å². The molecule has 0 spiro atoms. The van der Waals surface area contributed by atoms with Crippen LogP contribution in [-0.2, 0) is 20.0 Å². The Kier molecular flexibility index (Phi) is 6.16. The topological polar surface area (TPSA) is 74.8 Å². The van der Waals surface area contributed by atoms with E-state index in [4.69, 9.17) is 0 Å². The highest BCUT2D eigenvalue weighted by molar-refractivity contribution is 7.93. The highest BCUT2D eigenvalue weighted by Gasteiger charge is 2.28. The molecule has 3 rings (SSSR count). The number of hydrogen-bond donors (Lipinski definition) is 0. The van der Waals surface area contributed by atoms with E-state index in [9.17, 15) is 16.8 Å². The third kappa shape index (κ3) is 4.18. The van der Waals surface area contributed by atoms with Crippen LogP contribution in [0.3, 0.4) is 0 Å². The van der Waals surface area contributed by atoms with E-state index in [2.05, 4.69) is 0 Å². The Morgan fingerprint density at radius 2 is 1.13 bits per heavy atom. The van der Waals surface area contributed by atoms with Gasteiger partial charge >= 0.3 is 0 Å². The zero-order valence-corrected chi connectivity index (χ0v) is 19.8. The van der Waals surface area contributed by atoms with Crippen molar-refractivity contribution in [1.82, 2.24) is 0 Å². The summed E-state index contributed by atoms with van der Waals surface area (Å²) >= 11 is 0. The minimum absolute atomic E-state index is 0.0639. The van der Waals surface area contributed by atoms with Crippen LogP contribution in [0.2, 0.25) is 0 Å². The number of aryl methyl sites for hydroxylation is 3. The van der Waals surface area contributed by atoms with Crippen molar-refractivity contribution in [2.24, 2.45) is 0 Å². The maximum Gasteiger partial charge on any atom is 0.264 e. The molecule has 0 N–H and O–H groups in total. The van der Waals surface area contributed by atoms with Crippen LogP contribution in [0.25, 0.3) is 0 Å². The van der Waals surface area contributed by atoms with Gasteiger partial charge in [-0.2, -0.15) is 0 Å². The molecule has 0 heterocycles. The quantitative estimate of drug-likeness (QED) is 0.553. The molecule has 0 unspecified atom stereocenters. The van der Waals surface area contributed by atoms with Gasteiger partial charge in [0, 0.05) is 14.1 Å². The number of benzene rings is 3. The lowest BCUT2D eigenvalue weighted by Gasteiger charge is -2.26. The molecule has 0 aliphatic heterocycles. The van der Waals surface area contributed by atoms with Gasteiger partial charge in [0.25, 0.3) is 20.0 Å². The van der Waals surface area contributed by atoms with Crippen LogP contribution < -0.4 is 8.61 Å². The predicted molar refractivity (Wildman–Crippen MR) is 125 cm³/mol. The first-order valence-electron chi connectivity index (χ1n) is 9.67. The van der Waals surface area contributed by atoms with Crippen LogP contribution in [0, 0.1) is 20.8 Å². The van der Waals surface area contributed by atoms with E-state index in [0.29, 0.717) is 22.5 Å². The van der Waals surface area contributed by atoms with Gasteiger partial charge in [0.05, 0.1) is 21.2 Å². The van der Waals surface area contributed by atoms with Crippen molar-refractivity contribution in [2.75, 3.05) is 22.7 Å². The van der Waals surface area contributed by atoms with Gasteiger partial charge in [0.2, 0.25) is 0 Å². The first kappa shape index (κ1) is 22.8. The summed E-state index contributed by atoms with van der Waals surface area (Å²) in [6.45, 7) is 5.32. The molecule has 3 aromatic rings. The minimum atomic E-state index is -3.92. The molecule has 8 heteroatoms. The number of anilines is 2. The van der Waals surface area contributed by atoms with E-state index < -0.39 is 20.0 Å². The normalized spacial score (nSPS) is 11.9. The van der Waals surface area contributed by atoms with Crippen LogP contribution in [0.5, 0.6) is 0 Å².